The summed E-state index contributed by atoms with van der Waals surface area (Å²) in [5, 5.41) is 37.0. The van der Waals surface area contributed by atoms with E-state index in [1.807, 2.05) is 0 Å². The van der Waals surface area contributed by atoms with Gasteiger partial charge in [0.15, 0.2) is 23.0 Å². The fraction of sp³-hybridized carbons (Fsp3) is 0.176. The Morgan fingerprint density at radius 1 is 0.760 bits per heavy atom. The molecule has 0 atom stereocenters. The molecule has 0 saturated carbocycles. The third-order valence-electron chi connectivity index (χ3n) is 3.22. The Morgan fingerprint density at radius 2 is 1.16 bits per heavy atom. The maximum absolute atomic E-state index is 10.8. The highest BCUT2D eigenvalue weighted by Crippen LogP contribution is 2.28. The van der Waals surface area contributed by atoms with Crippen molar-refractivity contribution in [3.05, 3.63) is 47.5 Å². The minimum absolute atomic E-state index is 0.0477. The summed E-state index contributed by atoms with van der Waals surface area (Å²) in [7, 11) is 0. The molecule has 4 N–H and O–H groups in total. The molecular formula is C17H16O8. The van der Waals surface area contributed by atoms with E-state index in [0.717, 1.165) is 12.1 Å². The summed E-state index contributed by atoms with van der Waals surface area (Å²) in [6.45, 7) is 0.377. The summed E-state index contributed by atoms with van der Waals surface area (Å²) in [5.41, 5.74) is -0.0954. The van der Waals surface area contributed by atoms with Crippen molar-refractivity contribution in [2.24, 2.45) is 0 Å². The monoisotopic (exact) mass is 348 g/mol. The first-order valence-corrected chi connectivity index (χ1v) is 7.26. The number of hydrogen-bond donors (Lipinski definition) is 4. The molecule has 0 aliphatic heterocycles. The average molecular weight is 348 g/mol. The van der Waals surface area contributed by atoms with Crippen LogP contribution in [-0.2, 0) is 0 Å². The summed E-state index contributed by atoms with van der Waals surface area (Å²) in [5.74, 6) is -2.55. The van der Waals surface area contributed by atoms with E-state index >= 15 is 0 Å². The molecule has 0 aliphatic rings. The number of benzene rings is 2. The van der Waals surface area contributed by atoms with Crippen LogP contribution in [0.4, 0.5) is 0 Å². The van der Waals surface area contributed by atoms with Crippen molar-refractivity contribution in [2.45, 2.75) is 6.42 Å². The molecule has 8 nitrogen and oxygen atoms in total. The molecule has 0 spiro atoms. The fourth-order valence-electron chi connectivity index (χ4n) is 1.97. The summed E-state index contributed by atoms with van der Waals surface area (Å²) in [4.78, 5) is 21.5. The van der Waals surface area contributed by atoms with Crippen LogP contribution >= 0.6 is 0 Å². The summed E-state index contributed by atoms with van der Waals surface area (Å²) < 4.78 is 10.7. The molecule has 8 heteroatoms. The molecule has 2 rings (SSSR count). The highest BCUT2D eigenvalue weighted by atomic mass is 16.5. The molecule has 2 aromatic carbocycles. The van der Waals surface area contributed by atoms with Gasteiger partial charge in [-0.15, -0.1) is 0 Å². The SMILES string of the molecule is O=C(O)c1ccc(OCCCOc2ccc(C(=O)O)cc2O)c(O)c1. The first-order chi connectivity index (χ1) is 11.9. The number of hydrogen-bond acceptors (Lipinski definition) is 6. The second-order valence-corrected chi connectivity index (χ2v) is 5.03. The number of carboxylic acids is 2. The first kappa shape index (κ1) is 17.9. The molecule has 0 fully saturated rings. The van der Waals surface area contributed by atoms with E-state index < -0.39 is 11.9 Å². The van der Waals surface area contributed by atoms with Crippen LogP contribution in [0.5, 0.6) is 23.0 Å². The number of aromatic carboxylic acids is 2. The van der Waals surface area contributed by atoms with Gasteiger partial charge in [-0.05, 0) is 36.4 Å². The van der Waals surface area contributed by atoms with Gasteiger partial charge in [0.2, 0.25) is 0 Å². The predicted octanol–water partition coefficient (Wildman–Crippen LogP) is 2.34. The lowest BCUT2D eigenvalue weighted by Crippen LogP contribution is -2.06. The highest BCUT2D eigenvalue weighted by Gasteiger charge is 2.10. The minimum atomic E-state index is -1.15. The molecule has 0 aromatic heterocycles. The topological polar surface area (TPSA) is 134 Å². The minimum Gasteiger partial charge on any atom is -0.504 e. The largest absolute Gasteiger partial charge is 0.504 e. The van der Waals surface area contributed by atoms with Crippen LogP contribution in [-0.4, -0.2) is 45.6 Å². The van der Waals surface area contributed by atoms with Gasteiger partial charge >= 0.3 is 11.9 Å². The van der Waals surface area contributed by atoms with Gasteiger partial charge in [0.25, 0.3) is 0 Å². The number of aromatic hydroxyl groups is 2. The Labute approximate surface area is 142 Å². The molecule has 0 unspecified atom stereocenters. The molecule has 0 aliphatic carbocycles. The van der Waals surface area contributed by atoms with Gasteiger partial charge in [-0.3, -0.25) is 0 Å². The third-order valence-corrected chi connectivity index (χ3v) is 3.22. The van der Waals surface area contributed by atoms with Gasteiger partial charge in [-0.1, -0.05) is 0 Å². The highest BCUT2D eigenvalue weighted by molar-refractivity contribution is 5.88. The van der Waals surface area contributed by atoms with Crippen molar-refractivity contribution in [2.75, 3.05) is 13.2 Å². The number of phenols is 2. The van der Waals surface area contributed by atoms with Crippen LogP contribution in [0.3, 0.4) is 0 Å². The van der Waals surface area contributed by atoms with Gasteiger partial charge in [-0.25, -0.2) is 9.59 Å². The zero-order valence-corrected chi connectivity index (χ0v) is 13.0. The van der Waals surface area contributed by atoms with E-state index in [1.54, 1.807) is 0 Å². The Hall–Kier alpha value is -3.42. The van der Waals surface area contributed by atoms with Gasteiger partial charge in [0.1, 0.15) is 0 Å². The summed E-state index contributed by atoms with van der Waals surface area (Å²) in [6, 6.07) is 7.53. The van der Waals surface area contributed by atoms with Crippen LogP contribution in [0.2, 0.25) is 0 Å². The number of carbonyl (C=O) groups is 2. The zero-order valence-electron chi connectivity index (χ0n) is 13.0. The first-order valence-electron chi connectivity index (χ1n) is 7.26. The van der Waals surface area contributed by atoms with E-state index in [2.05, 4.69) is 0 Å². The van der Waals surface area contributed by atoms with Crippen molar-refractivity contribution in [3.63, 3.8) is 0 Å². The van der Waals surface area contributed by atoms with E-state index in [-0.39, 0.29) is 47.3 Å². The molecule has 2 aromatic rings. The van der Waals surface area contributed by atoms with Gasteiger partial charge < -0.3 is 29.9 Å². The summed E-state index contributed by atoms with van der Waals surface area (Å²) >= 11 is 0. The van der Waals surface area contributed by atoms with Crippen LogP contribution < -0.4 is 9.47 Å². The Morgan fingerprint density at radius 3 is 1.48 bits per heavy atom. The second kappa shape index (κ2) is 7.91. The van der Waals surface area contributed by atoms with E-state index in [1.165, 1.54) is 24.3 Å². The van der Waals surface area contributed by atoms with E-state index in [9.17, 15) is 19.8 Å². The van der Waals surface area contributed by atoms with Gasteiger partial charge in [0.05, 0.1) is 24.3 Å². The Balaban J connectivity index is 1.80. The normalized spacial score (nSPS) is 10.2. The number of phenolic OH excluding ortho intramolecular Hbond substituents is 2. The summed E-state index contributed by atoms with van der Waals surface area (Å²) in [6.07, 6.45) is 0.417. The van der Waals surface area contributed by atoms with Crippen molar-refractivity contribution in [1.29, 1.82) is 0 Å². The van der Waals surface area contributed by atoms with E-state index in [4.69, 9.17) is 19.7 Å². The molecule has 0 radical (unpaired) electrons. The zero-order chi connectivity index (χ0) is 18.4. The van der Waals surface area contributed by atoms with Crippen LogP contribution in [0.25, 0.3) is 0 Å². The van der Waals surface area contributed by atoms with Crippen LogP contribution in [0, 0.1) is 0 Å². The average Bonchev–Trinajstić information content (AvgIpc) is 2.56. The third kappa shape index (κ3) is 4.77. The lowest BCUT2D eigenvalue weighted by atomic mass is 10.2. The quantitative estimate of drug-likeness (QED) is 0.534. The van der Waals surface area contributed by atoms with Crippen molar-refractivity contribution in [1.82, 2.24) is 0 Å². The number of ether oxygens (including phenoxy) is 2. The van der Waals surface area contributed by atoms with E-state index in [0.29, 0.717) is 6.42 Å². The Bertz CT molecular complexity index is 719. The molecular weight excluding hydrogens is 332 g/mol. The molecule has 0 saturated heterocycles. The molecule has 0 amide bonds. The fourth-order valence-corrected chi connectivity index (χ4v) is 1.97. The molecule has 0 bridgehead atoms. The van der Waals surface area contributed by atoms with Gasteiger partial charge in [-0.2, -0.15) is 0 Å². The second-order valence-electron chi connectivity index (χ2n) is 5.03. The maximum atomic E-state index is 10.8. The molecule has 0 heterocycles. The van der Waals surface area contributed by atoms with Crippen LogP contribution in [0.15, 0.2) is 36.4 Å². The molecule has 132 valence electrons. The lowest BCUT2D eigenvalue weighted by molar-refractivity contribution is 0.0685. The predicted molar refractivity (Wildman–Crippen MR) is 85.7 cm³/mol. The van der Waals surface area contributed by atoms with Crippen LogP contribution in [0.1, 0.15) is 27.1 Å². The lowest BCUT2D eigenvalue weighted by Gasteiger charge is -2.10. The Kier molecular flexibility index (Phi) is 5.67. The van der Waals surface area contributed by atoms with Crippen molar-refractivity contribution >= 4 is 11.9 Å². The van der Waals surface area contributed by atoms with Crippen molar-refractivity contribution < 1.29 is 39.5 Å². The standard InChI is InChI=1S/C17H16O8/c18-12-8-10(16(20)21)2-4-14(12)24-6-1-7-25-15-5-3-11(17(22)23)9-13(15)19/h2-5,8-9,18-19H,1,6-7H2,(H,20,21)(H,22,23). The molecule has 25 heavy (non-hydrogen) atoms. The van der Waals surface area contributed by atoms with Crippen molar-refractivity contribution in [3.8, 4) is 23.0 Å². The number of rotatable bonds is 8. The maximum Gasteiger partial charge on any atom is 0.335 e. The van der Waals surface area contributed by atoms with Gasteiger partial charge in [0, 0.05) is 6.42 Å². The smallest absolute Gasteiger partial charge is 0.335 e. The number of carboxylic acid groups (broad SMARTS) is 2.